The van der Waals surface area contributed by atoms with Gasteiger partial charge in [0.05, 0.1) is 7.11 Å². The number of nitrogens with one attached hydrogen (secondary N) is 2. The average Bonchev–Trinajstić information content (AvgIpc) is 3.46. The maximum Gasteiger partial charge on any atom is 0.407 e. The van der Waals surface area contributed by atoms with Crippen molar-refractivity contribution in [3.05, 3.63) is 95.2 Å². The summed E-state index contributed by atoms with van der Waals surface area (Å²) >= 11 is 0. The molecule has 4 aromatic rings. The molecule has 35 heavy (non-hydrogen) atoms. The molecule has 0 saturated carbocycles. The Morgan fingerprint density at radius 2 is 1.69 bits per heavy atom. The predicted octanol–water partition coefficient (Wildman–Crippen LogP) is 5.23. The minimum atomic E-state index is -0.447. The van der Waals surface area contributed by atoms with Crippen molar-refractivity contribution in [3.8, 4) is 23.0 Å². The zero-order valence-electron chi connectivity index (χ0n) is 19.3. The summed E-state index contributed by atoms with van der Waals surface area (Å²) in [5.74, 6) is 5.77. The number of H-pyrrole nitrogens is 1. The second-order valence-electron chi connectivity index (χ2n) is 8.28. The summed E-state index contributed by atoms with van der Waals surface area (Å²) in [5, 5.41) is 3.68. The minimum Gasteiger partial charge on any atom is -0.464 e. The van der Waals surface area contributed by atoms with Crippen LogP contribution in [0.4, 0.5) is 4.79 Å². The number of methoxy groups -OCH3 is 1. The molecule has 1 amide bonds. The average molecular weight is 465 g/mol. The SMILES string of the molecule is COC(=O)c1cc2ccc(C#CCCNC(=O)OCC3c4ccccc4-c4ccccc43)cc2[nH]1. The number of carbonyl (C=O) groups is 2. The summed E-state index contributed by atoms with van der Waals surface area (Å²) in [4.78, 5) is 27.0. The number of ether oxygens (including phenoxy) is 2. The van der Waals surface area contributed by atoms with E-state index in [1.54, 1.807) is 6.07 Å². The van der Waals surface area contributed by atoms with E-state index in [1.165, 1.54) is 29.4 Å². The Labute approximate surface area is 203 Å². The number of carbonyl (C=O) groups excluding carboxylic acids is 2. The van der Waals surface area contributed by atoms with Crippen LogP contribution in [0.1, 0.15) is 39.5 Å². The first-order valence-electron chi connectivity index (χ1n) is 11.4. The van der Waals surface area contributed by atoms with E-state index in [1.807, 2.05) is 42.5 Å². The quantitative estimate of drug-likeness (QED) is 0.241. The smallest absolute Gasteiger partial charge is 0.407 e. The number of hydrogen-bond acceptors (Lipinski definition) is 4. The van der Waals surface area contributed by atoms with Crippen LogP contribution in [0.5, 0.6) is 0 Å². The van der Waals surface area contributed by atoms with Crippen LogP contribution in [0.3, 0.4) is 0 Å². The van der Waals surface area contributed by atoms with Crippen molar-refractivity contribution >= 4 is 23.0 Å². The summed E-state index contributed by atoms with van der Waals surface area (Å²) < 4.78 is 10.3. The zero-order valence-corrected chi connectivity index (χ0v) is 19.3. The molecule has 0 aliphatic heterocycles. The lowest BCUT2D eigenvalue weighted by atomic mass is 9.98. The van der Waals surface area contributed by atoms with E-state index in [9.17, 15) is 9.59 Å². The predicted molar refractivity (Wildman–Crippen MR) is 134 cm³/mol. The van der Waals surface area contributed by atoms with E-state index in [0.29, 0.717) is 18.7 Å². The molecule has 1 aliphatic rings. The summed E-state index contributed by atoms with van der Waals surface area (Å²) in [6.45, 7) is 0.677. The second kappa shape index (κ2) is 9.78. The maximum absolute atomic E-state index is 12.3. The Kier molecular flexibility index (Phi) is 6.23. The van der Waals surface area contributed by atoms with Crippen molar-refractivity contribution in [2.45, 2.75) is 12.3 Å². The molecule has 0 spiro atoms. The van der Waals surface area contributed by atoms with Crippen LogP contribution in [0.2, 0.25) is 0 Å². The van der Waals surface area contributed by atoms with Crippen LogP contribution < -0.4 is 5.32 Å². The van der Waals surface area contributed by atoms with Gasteiger partial charge >= 0.3 is 12.1 Å². The number of alkyl carbamates (subject to hydrolysis) is 1. The van der Waals surface area contributed by atoms with Gasteiger partial charge in [-0.15, -0.1) is 0 Å². The highest BCUT2D eigenvalue weighted by Gasteiger charge is 2.28. The van der Waals surface area contributed by atoms with Gasteiger partial charge in [0.25, 0.3) is 0 Å². The lowest BCUT2D eigenvalue weighted by Gasteiger charge is -2.14. The number of amides is 1. The molecule has 6 nitrogen and oxygen atoms in total. The first kappa shape index (κ1) is 22.3. The van der Waals surface area contributed by atoms with Gasteiger partial charge in [0, 0.05) is 35.3 Å². The Morgan fingerprint density at radius 3 is 2.40 bits per heavy atom. The van der Waals surface area contributed by atoms with Crippen LogP contribution in [0, 0.1) is 11.8 Å². The van der Waals surface area contributed by atoms with Crippen molar-refractivity contribution in [2.75, 3.05) is 20.3 Å². The fourth-order valence-electron chi connectivity index (χ4n) is 4.47. The third-order valence-electron chi connectivity index (χ3n) is 6.12. The van der Waals surface area contributed by atoms with Gasteiger partial charge in [-0.1, -0.05) is 66.4 Å². The third-order valence-corrected chi connectivity index (χ3v) is 6.12. The number of aromatic nitrogens is 1. The molecule has 174 valence electrons. The van der Waals surface area contributed by atoms with E-state index in [0.717, 1.165) is 16.5 Å². The number of rotatable bonds is 5. The third kappa shape index (κ3) is 4.62. The van der Waals surface area contributed by atoms with Crippen molar-refractivity contribution in [2.24, 2.45) is 0 Å². The highest BCUT2D eigenvalue weighted by molar-refractivity contribution is 5.95. The molecule has 0 saturated heterocycles. The molecule has 1 aromatic heterocycles. The minimum absolute atomic E-state index is 0.0375. The number of benzene rings is 3. The standard InChI is InChI=1S/C29H24N2O4/c1-34-28(32)27-17-20-14-13-19(16-26(20)31-27)8-6-7-15-30-29(33)35-18-25-23-11-4-2-9-21(23)22-10-3-5-12-24(22)25/h2-5,9-14,16-17,25,31H,7,15,18H2,1H3,(H,30,33). The molecular weight excluding hydrogens is 440 g/mol. The summed E-state index contributed by atoms with van der Waals surface area (Å²) in [6.07, 6.45) is 0.0391. The normalized spacial score (nSPS) is 11.8. The highest BCUT2D eigenvalue weighted by atomic mass is 16.5. The summed E-state index contributed by atoms with van der Waals surface area (Å²) in [6, 6.07) is 23.9. The summed E-state index contributed by atoms with van der Waals surface area (Å²) in [5.41, 5.74) is 6.80. The maximum atomic E-state index is 12.3. The molecule has 0 unspecified atom stereocenters. The Morgan fingerprint density at radius 1 is 0.971 bits per heavy atom. The molecule has 2 N–H and O–H groups in total. The Balaban J connectivity index is 1.13. The monoisotopic (exact) mass is 464 g/mol. The molecule has 0 atom stereocenters. The van der Waals surface area contributed by atoms with Gasteiger partial charge in [0.1, 0.15) is 12.3 Å². The van der Waals surface area contributed by atoms with Gasteiger partial charge in [0.15, 0.2) is 0 Å². The van der Waals surface area contributed by atoms with E-state index >= 15 is 0 Å². The molecule has 3 aromatic carbocycles. The molecule has 1 aliphatic carbocycles. The molecule has 5 rings (SSSR count). The van der Waals surface area contributed by atoms with Crippen LogP contribution in [0.15, 0.2) is 72.8 Å². The van der Waals surface area contributed by atoms with E-state index in [2.05, 4.69) is 46.4 Å². The van der Waals surface area contributed by atoms with E-state index < -0.39 is 12.1 Å². The van der Waals surface area contributed by atoms with Gasteiger partial charge in [0.2, 0.25) is 0 Å². The second-order valence-corrected chi connectivity index (χ2v) is 8.28. The number of fused-ring (bicyclic) bond motifs is 4. The van der Waals surface area contributed by atoms with Gasteiger partial charge in [-0.3, -0.25) is 0 Å². The molecular formula is C29H24N2O4. The lowest BCUT2D eigenvalue weighted by Crippen LogP contribution is -2.26. The number of aromatic amines is 1. The topological polar surface area (TPSA) is 80.4 Å². The first-order valence-corrected chi connectivity index (χ1v) is 11.4. The Bertz CT molecular complexity index is 1430. The van der Waals surface area contributed by atoms with Gasteiger partial charge < -0.3 is 19.8 Å². The van der Waals surface area contributed by atoms with Crippen LogP contribution in [-0.4, -0.2) is 37.3 Å². The Hall–Kier alpha value is -4.50. The van der Waals surface area contributed by atoms with E-state index in [4.69, 9.17) is 9.47 Å². The summed E-state index contributed by atoms with van der Waals surface area (Å²) in [7, 11) is 1.35. The molecule has 0 radical (unpaired) electrons. The van der Waals surface area contributed by atoms with Gasteiger partial charge in [-0.25, -0.2) is 9.59 Å². The van der Waals surface area contributed by atoms with Crippen molar-refractivity contribution in [1.29, 1.82) is 0 Å². The lowest BCUT2D eigenvalue weighted by molar-refractivity contribution is 0.0595. The van der Waals surface area contributed by atoms with E-state index in [-0.39, 0.29) is 12.5 Å². The largest absolute Gasteiger partial charge is 0.464 e. The fourth-order valence-corrected chi connectivity index (χ4v) is 4.47. The number of hydrogen-bond donors (Lipinski definition) is 2. The molecule has 0 bridgehead atoms. The van der Waals surface area contributed by atoms with Gasteiger partial charge in [-0.2, -0.15) is 0 Å². The zero-order chi connectivity index (χ0) is 24.2. The van der Waals surface area contributed by atoms with Crippen LogP contribution in [0.25, 0.3) is 22.0 Å². The van der Waals surface area contributed by atoms with Gasteiger partial charge in [-0.05, 0) is 40.5 Å². The fraction of sp³-hybridized carbons (Fsp3) is 0.172. The first-order chi connectivity index (χ1) is 17.1. The van der Waals surface area contributed by atoms with Crippen LogP contribution in [-0.2, 0) is 9.47 Å². The molecule has 1 heterocycles. The molecule has 0 fully saturated rings. The number of esters is 1. The highest BCUT2D eigenvalue weighted by Crippen LogP contribution is 2.44. The van der Waals surface area contributed by atoms with Crippen molar-refractivity contribution < 1.29 is 19.1 Å². The van der Waals surface area contributed by atoms with Crippen molar-refractivity contribution in [3.63, 3.8) is 0 Å². The van der Waals surface area contributed by atoms with Crippen LogP contribution >= 0.6 is 0 Å². The van der Waals surface area contributed by atoms with Crippen molar-refractivity contribution in [1.82, 2.24) is 10.3 Å². The molecule has 6 heteroatoms.